The molecule has 21 heavy (non-hydrogen) atoms. The number of hydrogen-bond donors (Lipinski definition) is 1. The van der Waals surface area contributed by atoms with Crippen molar-refractivity contribution in [3.8, 4) is 0 Å². The highest BCUT2D eigenvalue weighted by Gasteiger charge is 2.13. The zero-order chi connectivity index (χ0) is 15.4. The second kappa shape index (κ2) is 6.59. The van der Waals surface area contributed by atoms with Crippen LogP contribution in [0.25, 0.3) is 0 Å². The van der Waals surface area contributed by atoms with E-state index in [0.717, 1.165) is 5.69 Å². The summed E-state index contributed by atoms with van der Waals surface area (Å²) in [6.45, 7) is 0. The number of rotatable bonds is 4. The lowest BCUT2D eigenvalue weighted by Crippen LogP contribution is -2.18. The zero-order valence-corrected chi connectivity index (χ0v) is 12.6. The van der Waals surface area contributed by atoms with Crippen LogP contribution in [0.3, 0.4) is 0 Å². The van der Waals surface area contributed by atoms with Crippen molar-refractivity contribution in [3.05, 3.63) is 58.9 Å². The van der Waals surface area contributed by atoms with Crippen molar-refractivity contribution >= 4 is 28.9 Å². The summed E-state index contributed by atoms with van der Waals surface area (Å²) in [5, 5.41) is 3.32. The molecule has 0 fully saturated rings. The smallest absolute Gasteiger partial charge is 0.228 e. The SMILES string of the molecule is CN(C)c1c(Cl)cccc1NC(=O)Cc1ccccc1F. The molecule has 5 heteroatoms. The number of benzene rings is 2. The second-order valence-electron chi connectivity index (χ2n) is 4.85. The molecule has 0 aliphatic heterocycles. The number of hydrogen-bond acceptors (Lipinski definition) is 2. The molecule has 0 aliphatic rings. The minimum absolute atomic E-state index is 0.0218. The Morgan fingerprint density at radius 1 is 1.19 bits per heavy atom. The van der Waals surface area contributed by atoms with Crippen LogP contribution in [0.4, 0.5) is 15.8 Å². The van der Waals surface area contributed by atoms with Crippen LogP contribution in [0.2, 0.25) is 5.02 Å². The number of carbonyl (C=O) groups excluding carboxylic acids is 1. The third-order valence-corrected chi connectivity index (χ3v) is 3.32. The van der Waals surface area contributed by atoms with Gasteiger partial charge in [0.2, 0.25) is 5.91 Å². The van der Waals surface area contributed by atoms with Gasteiger partial charge in [0, 0.05) is 14.1 Å². The van der Waals surface area contributed by atoms with Crippen molar-refractivity contribution < 1.29 is 9.18 Å². The molecule has 2 aromatic rings. The third-order valence-electron chi connectivity index (χ3n) is 3.02. The first-order valence-corrected chi connectivity index (χ1v) is 6.86. The quantitative estimate of drug-likeness (QED) is 0.933. The Kier molecular flexibility index (Phi) is 4.81. The van der Waals surface area contributed by atoms with Gasteiger partial charge in [-0.1, -0.05) is 35.9 Å². The minimum atomic E-state index is -0.383. The Hall–Kier alpha value is -2.07. The van der Waals surface area contributed by atoms with Gasteiger partial charge in [-0.15, -0.1) is 0 Å². The molecule has 0 aliphatic carbocycles. The number of carbonyl (C=O) groups is 1. The molecule has 0 bridgehead atoms. The molecule has 1 N–H and O–H groups in total. The predicted molar refractivity (Wildman–Crippen MR) is 84.5 cm³/mol. The minimum Gasteiger partial charge on any atom is -0.375 e. The number of para-hydroxylation sites is 1. The van der Waals surface area contributed by atoms with Crippen LogP contribution < -0.4 is 10.2 Å². The molecule has 0 spiro atoms. The van der Waals surface area contributed by atoms with Gasteiger partial charge in [-0.2, -0.15) is 0 Å². The van der Waals surface area contributed by atoms with E-state index in [9.17, 15) is 9.18 Å². The van der Waals surface area contributed by atoms with E-state index in [4.69, 9.17) is 11.6 Å². The van der Waals surface area contributed by atoms with Gasteiger partial charge >= 0.3 is 0 Å². The molecule has 2 rings (SSSR count). The van der Waals surface area contributed by atoms with Gasteiger partial charge in [0.05, 0.1) is 22.8 Å². The van der Waals surface area contributed by atoms with Crippen LogP contribution in [0.5, 0.6) is 0 Å². The van der Waals surface area contributed by atoms with E-state index in [1.165, 1.54) is 6.07 Å². The summed E-state index contributed by atoms with van der Waals surface area (Å²) in [6.07, 6.45) is -0.0218. The molecular formula is C16H16ClFN2O. The average Bonchev–Trinajstić information content (AvgIpc) is 2.41. The van der Waals surface area contributed by atoms with Crippen LogP contribution in [-0.2, 0) is 11.2 Å². The molecule has 1 amide bonds. The molecule has 0 saturated heterocycles. The van der Waals surface area contributed by atoms with Crippen molar-refractivity contribution in [1.82, 2.24) is 0 Å². The van der Waals surface area contributed by atoms with Crippen LogP contribution in [-0.4, -0.2) is 20.0 Å². The molecule has 0 heterocycles. The van der Waals surface area contributed by atoms with Gasteiger partial charge in [0.1, 0.15) is 5.82 Å². The summed E-state index contributed by atoms with van der Waals surface area (Å²) in [6, 6.07) is 11.5. The second-order valence-corrected chi connectivity index (χ2v) is 5.25. The topological polar surface area (TPSA) is 32.3 Å². The van der Waals surface area contributed by atoms with Crippen LogP contribution in [0, 0.1) is 5.82 Å². The molecular weight excluding hydrogens is 291 g/mol. The first-order chi connectivity index (χ1) is 9.99. The number of halogens is 2. The van der Waals surface area contributed by atoms with Crippen molar-refractivity contribution in [2.24, 2.45) is 0 Å². The average molecular weight is 307 g/mol. The number of nitrogens with zero attached hydrogens (tertiary/aromatic N) is 1. The van der Waals surface area contributed by atoms with Crippen LogP contribution >= 0.6 is 11.6 Å². The van der Waals surface area contributed by atoms with Gasteiger partial charge in [0.25, 0.3) is 0 Å². The maximum Gasteiger partial charge on any atom is 0.228 e. The fourth-order valence-corrected chi connectivity index (χ4v) is 2.42. The molecule has 2 aromatic carbocycles. The van der Waals surface area contributed by atoms with E-state index in [-0.39, 0.29) is 18.1 Å². The number of nitrogens with one attached hydrogen (secondary N) is 1. The van der Waals surface area contributed by atoms with Crippen molar-refractivity contribution in [2.75, 3.05) is 24.3 Å². The standard InChI is InChI=1S/C16H16ClFN2O/c1-20(2)16-12(17)7-5-9-14(16)19-15(21)10-11-6-3-4-8-13(11)18/h3-9H,10H2,1-2H3,(H,19,21). The molecule has 0 radical (unpaired) electrons. The third kappa shape index (κ3) is 3.73. The molecule has 0 unspecified atom stereocenters. The fourth-order valence-electron chi connectivity index (χ4n) is 2.08. The van der Waals surface area contributed by atoms with E-state index in [1.807, 2.05) is 19.0 Å². The van der Waals surface area contributed by atoms with Gasteiger partial charge < -0.3 is 10.2 Å². The lowest BCUT2D eigenvalue weighted by molar-refractivity contribution is -0.115. The van der Waals surface area contributed by atoms with Gasteiger partial charge in [0.15, 0.2) is 0 Å². The molecule has 0 aromatic heterocycles. The van der Waals surface area contributed by atoms with Gasteiger partial charge in [-0.25, -0.2) is 4.39 Å². The van der Waals surface area contributed by atoms with Crippen LogP contribution in [0.1, 0.15) is 5.56 Å². The monoisotopic (exact) mass is 306 g/mol. The largest absolute Gasteiger partial charge is 0.375 e. The van der Waals surface area contributed by atoms with Crippen molar-refractivity contribution in [2.45, 2.75) is 6.42 Å². The highest BCUT2D eigenvalue weighted by atomic mass is 35.5. The maximum absolute atomic E-state index is 13.6. The zero-order valence-electron chi connectivity index (χ0n) is 11.9. The van der Waals surface area contributed by atoms with Crippen LogP contribution in [0.15, 0.2) is 42.5 Å². The highest BCUT2D eigenvalue weighted by molar-refractivity contribution is 6.34. The molecule has 0 atom stereocenters. The summed E-state index contributed by atoms with van der Waals surface area (Å²) in [7, 11) is 3.68. The highest BCUT2D eigenvalue weighted by Crippen LogP contribution is 2.32. The van der Waals surface area contributed by atoms with Gasteiger partial charge in [-0.3, -0.25) is 4.79 Å². The van der Waals surface area contributed by atoms with E-state index in [0.29, 0.717) is 16.3 Å². The first-order valence-electron chi connectivity index (χ1n) is 6.48. The molecule has 3 nitrogen and oxygen atoms in total. The predicted octanol–water partition coefficient (Wildman–Crippen LogP) is 3.73. The Morgan fingerprint density at radius 2 is 1.90 bits per heavy atom. The molecule has 0 saturated carbocycles. The summed E-state index contributed by atoms with van der Waals surface area (Å²) in [4.78, 5) is 13.9. The number of anilines is 2. The van der Waals surface area contributed by atoms with E-state index < -0.39 is 0 Å². The summed E-state index contributed by atoms with van der Waals surface area (Å²) in [5.41, 5.74) is 1.69. The van der Waals surface area contributed by atoms with Gasteiger partial charge in [-0.05, 0) is 23.8 Å². The first kappa shape index (κ1) is 15.3. The Bertz CT molecular complexity index is 658. The summed E-state index contributed by atoms with van der Waals surface area (Å²) >= 11 is 6.14. The molecule has 110 valence electrons. The lowest BCUT2D eigenvalue weighted by atomic mass is 10.1. The summed E-state index contributed by atoms with van der Waals surface area (Å²) in [5.74, 6) is -0.669. The fraction of sp³-hybridized carbons (Fsp3) is 0.188. The van der Waals surface area contributed by atoms with E-state index in [1.54, 1.807) is 36.4 Å². The Balaban J connectivity index is 2.17. The number of amides is 1. The normalized spacial score (nSPS) is 10.3. The Labute approximate surface area is 128 Å². The van der Waals surface area contributed by atoms with E-state index >= 15 is 0 Å². The van der Waals surface area contributed by atoms with Crippen molar-refractivity contribution in [1.29, 1.82) is 0 Å². The maximum atomic E-state index is 13.6. The summed E-state index contributed by atoms with van der Waals surface area (Å²) < 4.78 is 13.6. The van der Waals surface area contributed by atoms with E-state index in [2.05, 4.69) is 5.32 Å². The Morgan fingerprint density at radius 3 is 2.57 bits per heavy atom. The lowest BCUT2D eigenvalue weighted by Gasteiger charge is -2.19. The van der Waals surface area contributed by atoms with Crippen molar-refractivity contribution in [3.63, 3.8) is 0 Å².